The first kappa shape index (κ1) is 17.4. The van der Waals surface area contributed by atoms with E-state index in [9.17, 15) is 13.2 Å². The SMILES string of the molecule is CS(=O)(=O)NC(=O)[C@@H](N)Cc1ccc(Br)cc1.Cl. The number of nitrogens with two attached hydrogens (primary N) is 1. The lowest BCUT2D eigenvalue weighted by molar-refractivity contribution is -0.120. The molecular formula is C10H14BrClN2O3S. The average molecular weight is 358 g/mol. The first-order chi connectivity index (χ1) is 7.78. The highest BCUT2D eigenvalue weighted by molar-refractivity contribution is 9.10. The fourth-order valence-electron chi connectivity index (χ4n) is 1.23. The highest BCUT2D eigenvalue weighted by Crippen LogP contribution is 2.11. The Morgan fingerprint density at radius 2 is 1.89 bits per heavy atom. The zero-order valence-corrected chi connectivity index (χ0v) is 12.8. The summed E-state index contributed by atoms with van der Waals surface area (Å²) in [5.41, 5.74) is 6.47. The maximum absolute atomic E-state index is 11.4. The van der Waals surface area contributed by atoms with E-state index >= 15 is 0 Å². The molecule has 5 nitrogen and oxygen atoms in total. The van der Waals surface area contributed by atoms with Crippen molar-refractivity contribution in [1.82, 2.24) is 4.72 Å². The summed E-state index contributed by atoms with van der Waals surface area (Å²) < 4.78 is 24.5. The van der Waals surface area contributed by atoms with Crippen molar-refractivity contribution in [2.75, 3.05) is 6.26 Å². The van der Waals surface area contributed by atoms with E-state index in [0.717, 1.165) is 16.3 Å². The molecule has 1 aromatic carbocycles. The summed E-state index contributed by atoms with van der Waals surface area (Å²) in [4.78, 5) is 11.4. The molecular weight excluding hydrogens is 344 g/mol. The molecule has 18 heavy (non-hydrogen) atoms. The van der Waals surface area contributed by atoms with E-state index in [0.29, 0.717) is 0 Å². The van der Waals surface area contributed by atoms with Crippen molar-refractivity contribution in [2.45, 2.75) is 12.5 Å². The number of carbonyl (C=O) groups is 1. The van der Waals surface area contributed by atoms with E-state index in [-0.39, 0.29) is 18.8 Å². The van der Waals surface area contributed by atoms with Gasteiger partial charge in [0.15, 0.2) is 0 Å². The van der Waals surface area contributed by atoms with Gasteiger partial charge in [0.1, 0.15) is 0 Å². The largest absolute Gasteiger partial charge is 0.320 e. The number of sulfonamides is 1. The van der Waals surface area contributed by atoms with Crippen LogP contribution in [0.25, 0.3) is 0 Å². The van der Waals surface area contributed by atoms with Crippen LogP contribution in [0.3, 0.4) is 0 Å². The molecule has 0 aliphatic carbocycles. The van der Waals surface area contributed by atoms with Crippen LogP contribution in [0.4, 0.5) is 0 Å². The van der Waals surface area contributed by atoms with Gasteiger partial charge >= 0.3 is 0 Å². The van der Waals surface area contributed by atoms with Gasteiger partial charge in [-0.25, -0.2) is 8.42 Å². The number of hydrogen-bond donors (Lipinski definition) is 2. The molecule has 0 saturated carbocycles. The second-order valence-corrected chi connectivity index (χ2v) is 6.34. The molecule has 1 rings (SSSR count). The normalized spacial score (nSPS) is 12.4. The highest BCUT2D eigenvalue weighted by atomic mass is 79.9. The molecule has 0 bridgehead atoms. The molecule has 0 radical (unpaired) electrons. The summed E-state index contributed by atoms with van der Waals surface area (Å²) in [7, 11) is -3.55. The zero-order valence-electron chi connectivity index (χ0n) is 9.59. The molecule has 0 fully saturated rings. The lowest BCUT2D eigenvalue weighted by Crippen LogP contribution is -2.44. The second-order valence-electron chi connectivity index (χ2n) is 3.68. The van der Waals surface area contributed by atoms with Crippen molar-refractivity contribution in [3.05, 3.63) is 34.3 Å². The van der Waals surface area contributed by atoms with E-state index < -0.39 is 22.0 Å². The molecule has 3 N–H and O–H groups in total. The van der Waals surface area contributed by atoms with E-state index in [2.05, 4.69) is 15.9 Å². The third-order valence-corrected chi connectivity index (χ3v) is 3.09. The van der Waals surface area contributed by atoms with E-state index in [1.807, 2.05) is 29.0 Å². The molecule has 0 spiro atoms. The Morgan fingerprint density at radius 1 is 1.39 bits per heavy atom. The monoisotopic (exact) mass is 356 g/mol. The van der Waals surface area contributed by atoms with Crippen LogP contribution in [0.2, 0.25) is 0 Å². The molecule has 102 valence electrons. The number of carbonyl (C=O) groups excluding carboxylic acids is 1. The Kier molecular flexibility index (Phi) is 6.83. The van der Waals surface area contributed by atoms with Gasteiger partial charge in [-0.3, -0.25) is 9.52 Å². The molecule has 8 heteroatoms. The summed E-state index contributed by atoms with van der Waals surface area (Å²) in [6.45, 7) is 0. The molecule has 1 atom stereocenters. The predicted octanol–water partition coefficient (Wildman–Crippen LogP) is 0.817. The van der Waals surface area contributed by atoms with Crippen molar-refractivity contribution in [1.29, 1.82) is 0 Å². The van der Waals surface area contributed by atoms with E-state index in [4.69, 9.17) is 5.73 Å². The number of hydrogen-bond acceptors (Lipinski definition) is 4. The molecule has 1 amide bonds. The molecule has 0 aliphatic heterocycles. The molecule has 0 unspecified atom stereocenters. The first-order valence-electron chi connectivity index (χ1n) is 4.79. The van der Waals surface area contributed by atoms with Gasteiger partial charge in [-0.15, -0.1) is 12.4 Å². The Labute approximate surface area is 121 Å². The van der Waals surface area contributed by atoms with Crippen LogP contribution >= 0.6 is 28.3 Å². The minimum Gasteiger partial charge on any atom is -0.320 e. The maximum Gasteiger partial charge on any atom is 0.250 e. The van der Waals surface area contributed by atoms with Crippen LogP contribution in [0, 0.1) is 0 Å². The van der Waals surface area contributed by atoms with Crippen molar-refractivity contribution < 1.29 is 13.2 Å². The van der Waals surface area contributed by atoms with Crippen LogP contribution in [0.5, 0.6) is 0 Å². The van der Waals surface area contributed by atoms with Crippen LogP contribution in [0.1, 0.15) is 5.56 Å². The number of nitrogens with one attached hydrogen (secondary N) is 1. The van der Waals surface area contributed by atoms with Gasteiger partial charge < -0.3 is 5.73 Å². The van der Waals surface area contributed by atoms with Gasteiger partial charge in [-0.05, 0) is 24.1 Å². The number of benzene rings is 1. The van der Waals surface area contributed by atoms with Crippen molar-refractivity contribution in [2.24, 2.45) is 5.73 Å². The van der Waals surface area contributed by atoms with Gasteiger partial charge in [0.05, 0.1) is 12.3 Å². The minimum absolute atomic E-state index is 0. The maximum atomic E-state index is 11.4. The smallest absolute Gasteiger partial charge is 0.250 e. The lowest BCUT2D eigenvalue weighted by Gasteiger charge is -2.11. The zero-order chi connectivity index (χ0) is 13.1. The van der Waals surface area contributed by atoms with Crippen molar-refractivity contribution in [3.8, 4) is 0 Å². The summed E-state index contributed by atoms with van der Waals surface area (Å²) >= 11 is 3.29. The van der Waals surface area contributed by atoms with E-state index in [1.165, 1.54) is 0 Å². The Hall–Kier alpha value is -0.630. The number of halogens is 2. The summed E-state index contributed by atoms with van der Waals surface area (Å²) in [5, 5.41) is 0. The summed E-state index contributed by atoms with van der Waals surface area (Å²) in [6.07, 6.45) is 1.20. The molecule has 0 aromatic heterocycles. The number of rotatable bonds is 4. The highest BCUT2D eigenvalue weighted by Gasteiger charge is 2.17. The summed E-state index contributed by atoms with van der Waals surface area (Å²) in [5.74, 6) is -0.699. The van der Waals surface area contributed by atoms with Crippen LogP contribution < -0.4 is 10.5 Å². The van der Waals surface area contributed by atoms with Gasteiger partial charge in [-0.1, -0.05) is 28.1 Å². The molecule has 0 heterocycles. The Morgan fingerprint density at radius 3 is 2.33 bits per heavy atom. The lowest BCUT2D eigenvalue weighted by atomic mass is 10.1. The first-order valence-corrected chi connectivity index (χ1v) is 7.48. The Bertz CT molecular complexity index is 504. The van der Waals surface area contributed by atoms with Crippen LogP contribution in [-0.2, 0) is 21.2 Å². The Balaban J connectivity index is 0.00000289. The third-order valence-electron chi connectivity index (χ3n) is 1.99. The van der Waals surface area contributed by atoms with Gasteiger partial charge in [0.2, 0.25) is 10.0 Å². The molecule has 1 aromatic rings. The second kappa shape index (κ2) is 7.08. The topological polar surface area (TPSA) is 89.3 Å². The third kappa shape index (κ3) is 6.34. The summed E-state index contributed by atoms with van der Waals surface area (Å²) in [6, 6.07) is 6.41. The molecule has 0 saturated heterocycles. The predicted molar refractivity (Wildman–Crippen MR) is 76.1 cm³/mol. The fourth-order valence-corrected chi connectivity index (χ4v) is 2.01. The van der Waals surface area contributed by atoms with E-state index in [1.54, 1.807) is 0 Å². The van der Waals surface area contributed by atoms with Crippen molar-refractivity contribution in [3.63, 3.8) is 0 Å². The van der Waals surface area contributed by atoms with Crippen LogP contribution in [0.15, 0.2) is 28.7 Å². The van der Waals surface area contributed by atoms with Crippen molar-refractivity contribution >= 4 is 44.3 Å². The number of amides is 1. The molecule has 0 aliphatic rings. The quantitative estimate of drug-likeness (QED) is 0.835. The fraction of sp³-hybridized carbons (Fsp3) is 0.300. The van der Waals surface area contributed by atoms with Gasteiger partial charge in [0, 0.05) is 4.47 Å². The van der Waals surface area contributed by atoms with Crippen LogP contribution in [-0.4, -0.2) is 26.6 Å². The minimum atomic E-state index is -3.55. The van der Waals surface area contributed by atoms with Gasteiger partial charge in [-0.2, -0.15) is 0 Å². The average Bonchev–Trinajstić information content (AvgIpc) is 2.19. The van der Waals surface area contributed by atoms with Gasteiger partial charge in [0.25, 0.3) is 5.91 Å². The standard InChI is InChI=1S/C10H13BrN2O3S.ClH/c1-17(15,16)13-10(14)9(12)6-7-2-4-8(11)5-3-7;/h2-5,9H,6,12H2,1H3,(H,13,14);1H/t9-;/m0./s1.